The molecule has 202 valence electrons. The summed E-state index contributed by atoms with van der Waals surface area (Å²) in [5, 5.41) is 0. The predicted octanol–water partition coefficient (Wildman–Crippen LogP) is 5.21. The minimum absolute atomic E-state index is 0.0616. The van der Waals surface area contributed by atoms with Gasteiger partial charge in [0.15, 0.2) is 0 Å². The third-order valence-electron chi connectivity index (χ3n) is 9.06. The molecule has 1 spiro atoms. The number of benzene rings is 2. The summed E-state index contributed by atoms with van der Waals surface area (Å²) in [6, 6.07) is 22.6. The Bertz CT molecular complexity index is 1290. The van der Waals surface area contributed by atoms with E-state index in [1.807, 2.05) is 29.2 Å². The number of hydrogen-bond donors (Lipinski definition) is 0. The fraction of sp³-hybridized carbons (Fsp3) is 0.406. The van der Waals surface area contributed by atoms with Crippen molar-refractivity contribution in [2.45, 2.75) is 31.7 Å². The number of amides is 2. The molecule has 1 aromatic heterocycles. The number of carbonyl (C=O) groups is 2. The SMILES string of the molecule is O=C(c1cccnc1)N1CC(c2ccccc2)[C@@H](CN2CCC3(CC2)CCN(Cc2ccc(Br)cc2)C3=O)C1. The fourth-order valence-electron chi connectivity index (χ4n) is 6.78. The van der Waals surface area contributed by atoms with Gasteiger partial charge in [0.25, 0.3) is 5.91 Å². The van der Waals surface area contributed by atoms with Gasteiger partial charge in [-0.3, -0.25) is 14.6 Å². The lowest BCUT2D eigenvalue weighted by molar-refractivity contribution is -0.139. The zero-order valence-electron chi connectivity index (χ0n) is 22.2. The normalized spacial score (nSPS) is 23.1. The van der Waals surface area contributed by atoms with Crippen LogP contribution < -0.4 is 0 Å². The van der Waals surface area contributed by atoms with E-state index in [1.54, 1.807) is 12.4 Å². The maximum atomic E-state index is 13.5. The maximum absolute atomic E-state index is 13.5. The topological polar surface area (TPSA) is 56.8 Å². The Morgan fingerprint density at radius 1 is 0.923 bits per heavy atom. The molecule has 0 radical (unpaired) electrons. The monoisotopic (exact) mass is 586 g/mol. The first-order chi connectivity index (χ1) is 19.0. The quantitative estimate of drug-likeness (QED) is 0.397. The van der Waals surface area contributed by atoms with E-state index in [0.717, 1.165) is 63.0 Å². The summed E-state index contributed by atoms with van der Waals surface area (Å²) in [6.07, 6.45) is 6.16. The Kier molecular flexibility index (Phi) is 7.54. The molecule has 0 bridgehead atoms. The van der Waals surface area contributed by atoms with E-state index >= 15 is 0 Å². The third kappa shape index (κ3) is 5.52. The van der Waals surface area contributed by atoms with Crippen LogP contribution in [0.3, 0.4) is 0 Å². The molecule has 2 aromatic carbocycles. The van der Waals surface area contributed by atoms with Gasteiger partial charge in [-0.2, -0.15) is 0 Å². The van der Waals surface area contributed by atoms with Crippen molar-refractivity contribution in [3.63, 3.8) is 0 Å². The number of halogens is 1. The smallest absolute Gasteiger partial charge is 0.255 e. The highest BCUT2D eigenvalue weighted by Crippen LogP contribution is 2.43. The predicted molar refractivity (Wildman–Crippen MR) is 155 cm³/mol. The van der Waals surface area contributed by atoms with Crippen molar-refractivity contribution in [3.05, 3.63) is 100 Å². The molecule has 6 rings (SSSR count). The van der Waals surface area contributed by atoms with Gasteiger partial charge in [-0.1, -0.05) is 58.4 Å². The first kappa shape index (κ1) is 26.2. The Balaban J connectivity index is 1.10. The van der Waals surface area contributed by atoms with Crippen molar-refractivity contribution in [1.82, 2.24) is 19.7 Å². The molecule has 3 aromatic rings. The standard InChI is InChI=1S/C32H35BrN4O2/c33-28-10-8-24(9-11-28)20-36-18-14-32(31(36)39)12-16-35(17-13-32)21-27-22-37(30(38)26-7-4-15-34-19-26)23-29(27)25-5-2-1-3-6-25/h1-11,15,19,27,29H,12-14,16-18,20-23H2/t27-,29?/m0/s1. The molecular weight excluding hydrogens is 552 g/mol. The molecule has 2 amide bonds. The van der Waals surface area contributed by atoms with Crippen LogP contribution >= 0.6 is 15.9 Å². The van der Waals surface area contributed by atoms with Crippen molar-refractivity contribution in [2.75, 3.05) is 39.3 Å². The Morgan fingerprint density at radius 2 is 1.67 bits per heavy atom. The highest BCUT2D eigenvalue weighted by molar-refractivity contribution is 9.10. The van der Waals surface area contributed by atoms with Gasteiger partial charge in [-0.15, -0.1) is 0 Å². The third-order valence-corrected chi connectivity index (χ3v) is 9.59. The molecule has 3 aliphatic rings. The maximum Gasteiger partial charge on any atom is 0.255 e. The second kappa shape index (κ2) is 11.2. The summed E-state index contributed by atoms with van der Waals surface area (Å²) in [7, 11) is 0. The number of pyridine rings is 1. The summed E-state index contributed by atoms with van der Waals surface area (Å²) >= 11 is 3.49. The zero-order valence-corrected chi connectivity index (χ0v) is 23.8. The number of rotatable bonds is 6. The van der Waals surface area contributed by atoms with E-state index < -0.39 is 0 Å². The van der Waals surface area contributed by atoms with E-state index in [1.165, 1.54) is 11.1 Å². The molecule has 1 unspecified atom stereocenters. The summed E-state index contributed by atoms with van der Waals surface area (Å²) in [6.45, 7) is 5.83. The van der Waals surface area contributed by atoms with Gasteiger partial charge in [0, 0.05) is 55.5 Å². The minimum atomic E-state index is -0.206. The molecule has 2 atom stereocenters. The molecule has 7 heteroatoms. The number of nitrogens with zero attached hydrogens (tertiary/aromatic N) is 4. The summed E-state index contributed by atoms with van der Waals surface area (Å²) in [5.41, 5.74) is 2.92. The molecule has 3 fully saturated rings. The fourth-order valence-corrected chi connectivity index (χ4v) is 7.05. The van der Waals surface area contributed by atoms with E-state index in [4.69, 9.17) is 0 Å². The van der Waals surface area contributed by atoms with Crippen molar-refractivity contribution in [3.8, 4) is 0 Å². The number of likely N-dealkylation sites (tertiary alicyclic amines) is 3. The number of carbonyl (C=O) groups excluding carboxylic acids is 2. The zero-order chi connectivity index (χ0) is 26.8. The second-order valence-electron chi connectivity index (χ2n) is 11.4. The average Bonchev–Trinajstić information content (AvgIpc) is 3.53. The number of piperidine rings is 1. The van der Waals surface area contributed by atoms with E-state index in [0.29, 0.717) is 29.9 Å². The van der Waals surface area contributed by atoms with Crippen molar-refractivity contribution < 1.29 is 9.59 Å². The minimum Gasteiger partial charge on any atom is -0.338 e. The highest BCUT2D eigenvalue weighted by Gasteiger charge is 2.48. The van der Waals surface area contributed by atoms with Crippen LogP contribution in [0.2, 0.25) is 0 Å². The van der Waals surface area contributed by atoms with Crippen LogP contribution in [0.5, 0.6) is 0 Å². The van der Waals surface area contributed by atoms with E-state index in [2.05, 4.69) is 73.2 Å². The number of aromatic nitrogens is 1. The van der Waals surface area contributed by atoms with E-state index in [9.17, 15) is 9.59 Å². The molecule has 6 nitrogen and oxygen atoms in total. The van der Waals surface area contributed by atoms with Crippen molar-refractivity contribution in [1.29, 1.82) is 0 Å². The lowest BCUT2D eigenvalue weighted by Gasteiger charge is -2.39. The average molecular weight is 588 g/mol. The molecule has 39 heavy (non-hydrogen) atoms. The Hall–Kier alpha value is -3.03. The van der Waals surface area contributed by atoms with Crippen LogP contribution in [-0.2, 0) is 11.3 Å². The molecule has 3 aliphatic heterocycles. The lowest BCUT2D eigenvalue weighted by atomic mass is 9.76. The van der Waals surface area contributed by atoms with Crippen LogP contribution in [0.1, 0.15) is 46.7 Å². The van der Waals surface area contributed by atoms with Gasteiger partial charge < -0.3 is 14.7 Å². The Morgan fingerprint density at radius 3 is 2.38 bits per heavy atom. The van der Waals surface area contributed by atoms with Crippen LogP contribution in [0.25, 0.3) is 0 Å². The molecule has 4 heterocycles. The molecular formula is C32H35BrN4O2. The van der Waals surface area contributed by atoms with Crippen LogP contribution in [0.15, 0.2) is 83.6 Å². The van der Waals surface area contributed by atoms with Gasteiger partial charge in [0.2, 0.25) is 5.91 Å². The molecule has 0 saturated carbocycles. The van der Waals surface area contributed by atoms with Crippen molar-refractivity contribution >= 4 is 27.7 Å². The summed E-state index contributed by atoms with van der Waals surface area (Å²) in [4.78, 5) is 37.6. The second-order valence-corrected chi connectivity index (χ2v) is 12.3. The summed E-state index contributed by atoms with van der Waals surface area (Å²) in [5.74, 6) is 1.06. The number of hydrogen-bond acceptors (Lipinski definition) is 4. The lowest BCUT2D eigenvalue weighted by Crippen LogP contribution is -2.46. The van der Waals surface area contributed by atoms with Gasteiger partial charge >= 0.3 is 0 Å². The van der Waals surface area contributed by atoms with Gasteiger partial charge in [-0.05, 0) is 73.7 Å². The van der Waals surface area contributed by atoms with Crippen molar-refractivity contribution in [2.24, 2.45) is 11.3 Å². The van der Waals surface area contributed by atoms with Crippen LogP contribution in [0, 0.1) is 11.3 Å². The Labute approximate surface area is 239 Å². The van der Waals surface area contributed by atoms with Gasteiger partial charge in [-0.25, -0.2) is 0 Å². The molecule has 3 saturated heterocycles. The molecule has 0 aliphatic carbocycles. The molecule has 0 N–H and O–H groups in total. The van der Waals surface area contributed by atoms with E-state index in [-0.39, 0.29) is 11.3 Å². The van der Waals surface area contributed by atoms with Gasteiger partial charge in [0.1, 0.15) is 0 Å². The first-order valence-electron chi connectivity index (χ1n) is 14.0. The van der Waals surface area contributed by atoms with Crippen LogP contribution in [0.4, 0.5) is 0 Å². The van der Waals surface area contributed by atoms with Crippen LogP contribution in [-0.4, -0.2) is 70.8 Å². The largest absolute Gasteiger partial charge is 0.338 e. The first-order valence-corrected chi connectivity index (χ1v) is 14.8. The van der Waals surface area contributed by atoms with Gasteiger partial charge in [0.05, 0.1) is 11.0 Å². The highest BCUT2D eigenvalue weighted by atomic mass is 79.9. The summed E-state index contributed by atoms with van der Waals surface area (Å²) < 4.78 is 1.06.